The molecule has 0 radical (unpaired) electrons. The molecule has 0 unspecified atom stereocenters. The van der Waals surface area contributed by atoms with Gasteiger partial charge in [-0.05, 0) is 54.5 Å². The summed E-state index contributed by atoms with van der Waals surface area (Å²) < 4.78 is 7.15. The number of rotatable bonds is 9. The maximum Gasteiger partial charge on any atom is 0.268 e. The molecule has 0 saturated heterocycles. The Morgan fingerprint density at radius 3 is 2.65 bits per heavy atom. The first-order valence-corrected chi connectivity index (χ1v) is 11.6. The molecule has 3 aromatic rings. The average Bonchev–Trinajstić information content (AvgIpc) is 3.24. The topological polar surface area (TPSA) is 71.8 Å². The highest BCUT2D eigenvalue weighted by atomic mass is 32.1. The van der Waals surface area contributed by atoms with Crippen molar-refractivity contribution >= 4 is 33.1 Å². The largest absolute Gasteiger partial charge is 0.506 e. The highest BCUT2D eigenvalue weighted by molar-refractivity contribution is 7.14. The summed E-state index contributed by atoms with van der Waals surface area (Å²) in [5, 5.41) is 14.1. The number of ether oxygens (including phenoxy) is 1. The van der Waals surface area contributed by atoms with Crippen molar-refractivity contribution in [2.45, 2.75) is 46.0 Å². The van der Waals surface area contributed by atoms with Gasteiger partial charge in [0.25, 0.3) is 11.5 Å². The minimum absolute atomic E-state index is 0.224. The number of pyridine rings is 1. The number of hydrogen-bond donors (Lipinski definition) is 1. The van der Waals surface area contributed by atoms with Crippen LogP contribution >= 0.6 is 11.3 Å². The summed E-state index contributed by atoms with van der Waals surface area (Å²) >= 11 is 1.46. The maximum atomic E-state index is 13.3. The molecule has 7 heteroatoms. The Morgan fingerprint density at radius 1 is 1.19 bits per heavy atom. The minimum Gasteiger partial charge on any atom is -0.506 e. The summed E-state index contributed by atoms with van der Waals surface area (Å²) in [6, 6.07) is 7.21. The van der Waals surface area contributed by atoms with Gasteiger partial charge in [-0.3, -0.25) is 9.59 Å². The standard InChI is InChI=1S/C24H30N2O4S/c1-5-7-9-16-12-14-31-24(16)26(4)23(29)20-21(27)18-15-17(30-13-8-6-2)10-11-19(18)25(3)22(20)28/h10-12,14-15,27H,5-9,13H2,1-4H3. The molecule has 6 nitrogen and oxygen atoms in total. The van der Waals surface area contributed by atoms with E-state index in [4.69, 9.17) is 4.74 Å². The van der Waals surface area contributed by atoms with Crippen LogP contribution in [0.5, 0.6) is 11.5 Å². The third-order valence-electron chi connectivity index (χ3n) is 5.45. The highest BCUT2D eigenvalue weighted by Gasteiger charge is 2.26. The SMILES string of the molecule is CCCCOc1ccc2c(c1)c(O)c(C(=O)N(C)c1sccc1CCCC)c(=O)n2C. The smallest absolute Gasteiger partial charge is 0.268 e. The molecular weight excluding hydrogens is 412 g/mol. The summed E-state index contributed by atoms with van der Waals surface area (Å²) in [6.45, 7) is 4.78. The lowest BCUT2D eigenvalue weighted by Crippen LogP contribution is -2.34. The summed E-state index contributed by atoms with van der Waals surface area (Å²) in [5.74, 6) is -0.221. The predicted molar refractivity (Wildman–Crippen MR) is 127 cm³/mol. The summed E-state index contributed by atoms with van der Waals surface area (Å²) in [7, 11) is 3.26. The van der Waals surface area contributed by atoms with Crippen molar-refractivity contribution in [2.24, 2.45) is 7.05 Å². The molecule has 0 aliphatic heterocycles. The van der Waals surface area contributed by atoms with Crippen LogP contribution in [-0.2, 0) is 13.5 Å². The van der Waals surface area contributed by atoms with Crippen LogP contribution in [-0.4, -0.2) is 29.2 Å². The van der Waals surface area contributed by atoms with Crippen molar-refractivity contribution in [2.75, 3.05) is 18.6 Å². The maximum absolute atomic E-state index is 13.3. The molecular formula is C24H30N2O4S. The number of aryl methyl sites for hydroxylation is 2. The Morgan fingerprint density at radius 2 is 1.94 bits per heavy atom. The van der Waals surface area contributed by atoms with Crippen LogP contribution in [0.4, 0.5) is 5.00 Å². The Labute approximate surface area is 186 Å². The van der Waals surface area contributed by atoms with E-state index in [-0.39, 0.29) is 11.3 Å². The van der Waals surface area contributed by atoms with Crippen molar-refractivity contribution in [3.63, 3.8) is 0 Å². The van der Waals surface area contributed by atoms with E-state index in [9.17, 15) is 14.7 Å². The number of nitrogens with zero attached hydrogens (tertiary/aromatic N) is 2. The van der Waals surface area contributed by atoms with Crippen molar-refractivity contribution in [1.82, 2.24) is 4.57 Å². The Hall–Kier alpha value is -2.80. The normalized spacial score (nSPS) is 11.1. The number of anilines is 1. The second-order valence-corrected chi connectivity index (χ2v) is 8.58. The number of thiophene rings is 1. The summed E-state index contributed by atoms with van der Waals surface area (Å²) in [5.41, 5.74) is 0.877. The Bertz CT molecular complexity index is 1130. The molecule has 0 saturated carbocycles. The van der Waals surface area contributed by atoms with E-state index in [1.165, 1.54) is 20.8 Å². The van der Waals surface area contributed by atoms with Gasteiger partial charge >= 0.3 is 0 Å². The summed E-state index contributed by atoms with van der Waals surface area (Å²) in [4.78, 5) is 27.8. The fourth-order valence-electron chi connectivity index (χ4n) is 3.57. The lowest BCUT2D eigenvalue weighted by molar-refractivity contribution is 0.0989. The molecule has 31 heavy (non-hydrogen) atoms. The zero-order chi connectivity index (χ0) is 22.5. The lowest BCUT2D eigenvalue weighted by atomic mass is 10.1. The van der Waals surface area contributed by atoms with E-state index in [2.05, 4.69) is 13.8 Å². The van der Waals surface area contributed by atoms with Crippen LogP contribution in [0.1, 0.15) is 55.5 Å². The molecule has 0 aliphatic carbocycles. The number of fused-ring (bicyclic) bond motifs is 1. The van der Waals surface area contributed by atoms with Crippen LogP contribution in [0.25, 0.3) is 10.9 Å². The first-order valence-electron chi connectivity index (χ1n) is 10.7. The fourth-order valence-corrected chi connectivity index (χ4v) is 4.49. The Kier molecular flexibility index (Phi) is 7.38. The number of hydrogen-bond acceptors (Lipinski definition) is 5. The van der Waals surface area contributed by atoms with Crippen LogP contribution in [0, 0.1) is 0 Å². The number of aromatic hydroxyl groups is 1. The molecule has 0 aliphatic rings. The van der Waals surface area contributed by atoms with Crippen LogP contribution in [0.15, 0.2) is 34.4 Å². The first kappa shape index (κ1) is 22.9. The zero-order valence-corrected chi connectivity index (χ0v) is 19.4. The lowest BCUT2D eigenvalue weighted by Gasteiger charge is -2.19. The molecule has 1 aromatic carbocycles. The van der Waals surface area contributed by atoms with Crippen molar-refractivity contribution in [1.29, 1.82) is 0 Å². The van der Waals surface area contributed by atoms with E-state index in [0.29, 0.717) is 23.3 Å². The molecule has 1 amide bonds. The third kappa shape index (κ3) is 4.61. The molecule has 0 bridgehead atoms. The van der Waals surface area contributed by atoms with Gasteiger partial charge in [0.1, 0.15) is 22.1 Å². The number of carbonyl (C=O) groups excluding carboxylic acids is 1. The highest BCUT2D eigenvalue weighted by Crippen LogP contribution is 2.33. The van der Waals surface area contributed by atoms with E-state index in [1.54, 1.807) is 32.3 Å². The monoisotopic (exact) mass is 442 g/mol. The van der Waals surface area contributed by atoms with Gasteiger partial charge in [-0.25, -0.2) is 0 Å². The van der Waals surface area contributed by atoms with Crippen LogP contribution in [0.2, 0.25) is 0 Å². The van der Waals surface area contributed by atoms with Gasteiger partial charge in [0, 0.05) is 19.5 Å². The quantitative estimate of drug-likeness (QED) is 0.468. The second kappa shape index (κ2) is 10.0. The van der Waals surface area contributed by atoms with Gasteiger partial charge in [0.05, 0.1) is 12.1 Å². The van der Waals surface area contributed by atoms with E-state index in [1.807, 2.05) is 11.4 Å². The van der Waals surface area contributed by atoms with E-state index in [0.717, 1.165) is 42.7 Å². The molecule has 166 valence electrons. The third-order valence-corrected chi connectivity index (χ3v) is 6.48. The molecule has 0 fully saturated rings. The number of carbonyl (C=O) groups is 1. The van der Waals surface area contributed by atoms with Crippen molar-refractivity contribution in [3.05, 3.63) is 51.1 Å². The molecule has 0 atom stereocenters. The van der Waals surface area contributed by atoms with E-state index >= 15 is 0 Å². The van der Waals surface area contributed by atoms with Crippen molar-refractivity contribution < 1.29 is 14.6 Å². The predicted octanol–water partition coefficient (Wildman–Crippen LogP) is 5.10. The van der Waals surface area contributed by atoms with Gasteiger partial charge in [-0.1, -0.05) is 26.7 Å². The molecule has 0 spiro atoms. The molecule has 1 N–H and O–H groups in total. The van der Waals surface area contributed by atoms with Gasteiger partial charge in [-0.2, -0.15) is 0 Å². The van der Waals surface area contributed by atoms with E-state index < -0.39 is 11.5 Å². The fraction of sp³-hybridized carbons (Fsp3) is 0.417. The summed E-state index contributed by atoms with van der Waals surface area (Å²) in [6.07, 6.45) is 4.89. The molecule has 2 aromatic heterocycles. The van der Waals surface area contributed by atoms with Gasteiger partial charge in [0.15, 0.2) is 0 Å². The average molecular weight is 443 g/mol. The van der Waals surface area contributed by atoms with Crippen molar-refractivity contribution in [3.8, 4) is 11.5 Å². The number of benzene rings is 1. The number of unbranched alkanes of at least 4 members (excludes halogenated alkanes) is 2. The number of amides is 1. The van der Waals surface area contributed by atoms with Gasteiger partial charge < -0.3 is 19.3 Å². The minimum atomic E-state index is -0.520. The Balaban J connectivity index is 2.03. The molecule has 2 heterocycles. The van der Waals surface area contributed by atoms with Crippen LogP contribution < -0.4 is 15.2 Å². The van der Waals surface area contributed by atoms with Gasteiger partial charge in [0.2, 0.25) is 0 Å². The zero-order valence-electron chi connectivity index (χ0n) is 18.6. The van der Waals surface area contributed by atoms with Gasteiger partial charge in [-0.15, -0.1) is 11.3 Å². The molecule has 3 rings (SSSR count). The second-order valence-electron chi connectivity index (χ2n) is 7.69. The first-order chi connectivity index (χ1) is 14.9. The van der Waals surface area contributed by atoms with Crippen LogP contribution in [0.3, 0.4) is 0 Å². The number of aromatic nitrogens is 1.